The number of ether oxygens (including phenoxy) is 2. The lowest BCUT2D eigenvalue weighted by Gasteiger charge is -2.20. The number of sulfone groups is 1. The van der Waals surface area contributed by atoms with Crippen molar-refractivity contribution >= 4 is 9.84 Å². The summed E-state index contributed by atoms with van der Waals surface area (Å²) in [5.74, 6) is 1.52. The molecule has 2 rings (SSSR count). The zero-order chi connectivity index (χ0) is 27.8. The lowest BCUT2D eigenvalue weighted by Crippen LogP contribution is -2.20. The molecule has 0 saturated carbocycles. The summed E-state index contributed by atoms with van der Waals surface area (Å²) in [7, 11) is -0.202. The van der Waals surface area contributed by atoms with Crippen LogP contribution in [-0.4, -0.2) is 27.9 Å². The molecule has 0 radical (unpaired) electrons. The van der Waals surface area contributed by atoms with Gasteiger partial charge in [-0.1, -0.05) is 53.1 Å². The van der Waals surface area contributed by atoms with E-state index in [0.29, 0.717) is 17.7 Å². The Labute approximate surface area is 225 Å². The molecule has 202 valence electrons. The highest BCUT2D eigenvalue weighted by Crippen LogP contribution is 2.39. The molecule has 0 bridgehead atoms. The number of rotatable bonds is 12. The summed E-state index contributed by atoms with van der Waals surface area (Å²) in [5.41, 5.74) is 7.88. The molecule has 2 aromatic carbocycles. The van der Waals surface area contributed by atoms with Crippen LogP contribution in [0.3, 0.4) is 0 Å². The van der Waals surface area contributed by atoms with Crippen LogP contribution in [0, 0.1) is 20.8 Å². The summed E-state index contributed by atoms with van der Waals surface area (Å²) in [4.78, 5) is 0.364. The Morgan fingerprint density at radius 3 is 2.00 bits per heavy atom. The molecule has 37 heavy (non-hydrogen) atoms. The van der Waals surface area contributed by atoms with E-state index in [4.69, 9.17) is 9.47 Å². The molecule has 0 aliphatic carbocycles. The minimum atomic E-state index is -3.53. The standard InChI is InChI=1S/C32H44O4S/c1-22(2)14-13-15-23(3)20-29(37(33,34)28-16-11-10-12-17-28)21-24(4)18-19-30-25(5)26(6)31(35-8)32(36-9)27(30)7/h10-12,14,16-18,20,29H,13,15,19,21H2,1-9H3/b23-20+,24-18+. The number of benzene rings is 2. The number of allylic oxidation sites excluding steroid dienone is 5. The van der Waals surface area contributed by atoms with Crippen molar-refractivity contribution in [3.63, 3.8) is 0 Å². The monoisotopic (exact) mass is 524 g/mol. The Morgan fingerprint density at radius 2 is 1.43 bits per heavy atom. The second-order valence-electron chi connectivity index (χ2n) is 10.1. The minimum absolute atomic E-state index is 0.364. The fourth-order valence-electron chi connectivity index (χ4n) is 4.66. The van der Waals surface area contributed by atoms with Crippen molar-refractivity contribution in [1.82, 2.24) is 0 Å². The topological polar surface area (TPSA) is 52.6 Å². The molecule has 0 amide bonds. The largest absolute Gasteiger partial charge is 0.493 e. The quantitative estimate of drug-likeness (QED) is 0.264. The number of methoxy groups -OCH3 is 2. The van der Waals surface area contributed by atoms with Crippen LogP contribution in [0.4, 0.5) is 0 Å². The third-order valence-corrected chi connectivity index (χ3v) is 9.00. The van der Waals surface area contributed by atoms with E-state index in [2.05, 4.69) is 32.9 Å². The van der Waals surface area contributed by atoms with Gasteiger partial charge in [-0.2, -0.15) is 0 Å². The first kappa shape index (κ1) is 30.4. The molecule has 5 heteroatoms. The Kier molecular flexibility index (Phi) is 11.2. The van der Waals surface area contributed by atoms with Gasteiger partial charge in [-0.3, -0.25) is 0 Å². The fraction of sp³-hybridized carbons (Fsp3) is 0.438. The molecule has 0 N–H and O–H groups in total. The highest BCUT2D eigenvalue weighted by molar-refractivity contribution is 7.92. The van der Waals surface area contributed by atoms with Crippen molar-refractivity contribution in [3.8, 4) is 11.5 Å². The molecule has 1 unspecified atom stereocenters. The fourth-order valence-corrected chi connectivity index (χ4v) is 6.44. The first-order valence-corrected chi connectivity index (χ1v) is 14.4. The van der Waals surface area contributed by atoms with Gasteiger partial charge in [0, 0.05) is 0 Å². The zero-order valence-corrected chi connectivity index (χ0v) is 24.9. The van der Waals surface area contributed by atoms with Crippen LogP contribution in [0.15, 0.2) is 70.2 Å². The van der Waals surface area contributed by atoms with Gasteiger partial charge >= 0.3 is 0 Å². The van der Waals surface area contributed by atoms with E-state index in [1.807, 2.05) is 39.8 Å². The van der Waals surface area contributed by atoms with Crippen LogP contribution in [0.2, 0.25) is 0 Å². The molecule has 0 aliphatic rings. The smallest absolute Gasteiger partial charge is 0.185 e. The van der Waals surface area contributed by atoms with E-state index in [9.17, 15) is 8.42 Å². The average molecular weight is 525 g/mol. The van der Waals surface area contributed by atoms with Crippen LogP contribution in [0.25, 0.3) is 0 Å². The van der Waals surface area contributed by atoms with E-state index in [-0.39, 0.29) is 0 Å². The molecule has 0 heterocycles. The summed E-state index contributed by atoms with van der Waals surface area (Å²) in [6.45, 7) is 14.4. The number of hydrogen-bond acceptors (Lipinski definition) is 4. The molecular formula is C32H44O4S. The van der Waals surface area contributed by atoms with Gasteiger partial charge in [-0.15, -0.1) is 0 Å². The SMILES string of the molecule is COc1c(C)c(C)c(C/C=C(\C)CC(/C=C(\C)CCC=C(C)C)S(=O)(=O)c2ccccc2)c(C)c1OC. The predicted octanol–water partition coefficient (Wildman–Crippen LogP) is 8.04. The molecule has 0 aliphatic heterocycles. The summed E-state index contributed by atoms with van der Waals surface area (Å²) in [6.07, 6.45) is 9.20. The lowest BCUT2D eigenvalue weighted by atomic mass is 9.93. The van der Waals surface area contributed by atoms with E-state index >= 15 is 0 Å². The summed E-state index contributed by atoms with van der Waals surface area (Å²) in [5, 5.41) is -0.618. The number of hydrogen-bond donors (Lipinski definition) is 0. The first-order chi connectivity index (χ1) is 17.4. The van der Waals surface area contributed by atoms with E-state index in [1.54, 1.807) is 38.5 Å². The van der Waals surface area contributed by atoms with Crippen LogP contribution in [0.1, 0.15) is 69.2 Å². The molecule has 0 saturated heterocycles. The molecular weight excluding hydrogens is 480 g/mol. The van der Waals surface area contributed by atoms with Crippen molar-refractivity contribution in [3.05, 3.63) is 87.5 Å². The minimum Gasteiger partial charge on any atom is -0.493 e. The third kappa shape index (κ3) is 7.85. The molecule has 4 nitrogen and oxygen atoms in total. The molecule has 0 aromatic heterocycles. The zero-order valence-electron chi connectivity index (χ0n) is 24.1. The van der Waals surface area contributed by atoms with E-state index in [1.165, 1.54) is 16.7 Å². The Hall–Kier alpha value is -2.79. The van der Waals surface area contributed by atoms with Crippen LogP contribution >= 0.6 is 0 Å². The lowest BCUT2D eigenvalue weighted by molar-refractivity contribution is 0.350. The van der Waals surface area contributed by atoms with Gasteiger partial charge in [0.25, 0.3) is 0 Å². The van der Waals surface area contributed by atoms with Gasteiger partial charge in [0.05, 0.1) is 24.4 Å². The van der Waals surface area contributed by atoms with Gasteiger partial charge in [0.2, 0.25) is 0 Å². The average Bonchev–Trinajstić information content (AvgIpc) is 2.85. The summed E-state index contributed by atoms with van der Waals surface area (Å²) in [6, 6.07) is 8.78. The molecule has 0 spiro atoms. The van der Waals surface area contributed by atoms with Crippen molar-refractivity contribution in [2.24, 2.45) is 0 Å². The van der Waals surface area contributed by atoms with Gasteiger partial charge in [0.15, 0.2) is 21.3 Å². The van der Waals surface area contributed by atoms with Gasteiger partial charge in [-0.25, -0.2) is 8.42 Å². The van der Waals surface area contributed by atoms with Crippen molar-refractivity contribution in [2.45, 2.75) is 84.3 Å². The maximum absolute atomic E-state index is 13.7. The van der Waals surface area contributed by atoms with Crippen molar-refractivity contribution in [2.75, 3.05) is 14.2 Å². The third-order valence-electron chi connectivity index (χ3n) is 6.97. The maximum Gasteiger partial charge on any atom is 0.185 e. The highest BCUT2D eigenvalue weighted by atomic mass is 32.2. The summed E-state index contributed by atoms with van der Waals surface area (Å²) < 4.78 is 38.6. The second kappa shape index (κ2) is 13.7. The molecule has 1 atom stereocenters. The maximum atomic E-state index is 13.7. The Bertz CT molecular complexity index is 1260. The normalized spacial score (nSPS) is 13.3. The summed E-state index contributed by atoms with van der Waals surface area (Å²) >= 11 is 0. The van der Waals surface area contributed by atoms with Crippen LogP contribution < -0.4 is 9.47 Å². The molecule has 0 fully saturated rings. The Balaban J connectivity index is 2.41. The van der Waals surface area contributed by atoms with E-state index < -0.39 is 15.1 Å². The van der Waals surface area contributed by atoms with Crippen LogP contribution in [-0.2, 0) is 16.3 Å². The van der Waals surface area contributed by atoms with Crippen molar-refractivity contribution < 1.29 is 17.9 Å². The van der Waals surface area contributed by atoms with Gasteiger partial charge in [0.1, 0.15) is 0 Å². The first-order valence-electron chi connectivity index (χ1n) is 12.9. The predicted molar refractivity (Wildman–Crippen MR) is 156 cm³/mol. The highest BCUT2D eigenvalue weighted by Gasteiger charge is 2.26. The van der Waals surface area contributed by atoms with E-state index in [0.717, 1.165) is 46.6 Å². The molecule has 2 aromatic rings. The van der Waals surface area contributed by atoms with Gasteiger partial charge in [-0.05, 0) is 109 Å². The van der Waals surface area contributed by atoms with Gasteiger partial charge < -0.3 is 9.47 Å². The Morgan fingerprint density at radius 1 is 0.838 bits per heavy atom. The van der Waals surface area contributed by atoms with Crippen molar-refractivity contribution in [1.29, 1.82) is 0 Å². The van der Waals surface area contributed by atoms with Crippen LogP contribution in [0.5, 0.6) is 11.5 Å². The second-order valence-corrected chi connectivity index (χ2v) is 12.3.